The van der Waals surface area contributed by atoms with E-state index in [4.69, 9.17) is 5.11 Å². The molecule has 2 nitrogen and oxygen atoms in total. The summed E-state index contributed by atoms with van der Waals surface area (Å²) in [6.07, 6.45) is 14.3. The van der Waals surface area contributed by atoms with Gasteiger partial charge in [-0.25, -0.2) is 4.79 Å². The van der Waals surface area contributed by atoms with E-state index in [1.165, 1.54) is 57.8 Å². The molecule has 1 N–H and O–H groups in total. The van der Waals surface area contributed by atoms with Crippen molar-refractivity contribution in [3.05, 3.63) is 35.4 Å². The summed E-state index contributed by atoms with van der Waals surface area (Å²) in [5, 5.41) is 8.83. The third-order valence-corrected chi connectivity index (χ3v) is 4.14. The van der Waals surface area contributed by atoms with Gasteiger partial charge in [0.05, 0.1) is 5.56 Å². The number of aromatic carboxylic acids is 1. The third kappa shape index (κ3) is 11.1. The normalized spacial score (nSPS) is 9.64. The number of rotatable bonds is 11. The quantitative estimate of drug-likeness (QED) is 0.394. The van der Waals surface area contributed by atoms with E-state index in [2.05, 4.69) is 30.6 Å². The van der Waals surface area contributed by atoms with Crippen LogP contribution < -0.4 is 0 Å². The number of carboxylic acids is 1. The number of hydrogen-bond acceptors (Lipinski definition) is 1. The number of carbonyl (C=O) groups is 1. The summed E-state index contributed by atoms with van der Waals surface area (Å²) in [5.41, 5.74) is 1.07. The zero-order valence-corrected chi connectivity index (χ0v) is 15.4. The Kier molecular flexibility index (Phi) is 11.8. The van der Waals surface area contributed by atoms with Gasteiger partial charge in [0.2, 0.25) is 0 Å². The van der Waals surface area contributed by atoms with Crippen molar-refractivity contribution in [1.82, 2.24) is 0 Å². The predicted octanol–water partition coefficient (Wildman–Crippen LogP) is 6.05. The van der Waals surface area contributed by atoms with Gasteiger partial charge >= 0.3 is 5.97 Å². The van der Waals surface area contributed by atoms with Crippen molar-refractivity contribution in [2.45, 2.75) is 77.6 Å². The van der Waals surface area contributed by atoms with Gasteiger partial charge < -0.3 is 5.11 Å². The van der Waals surface area contributed by atoms with Crippen molar-refractivity contribution < 1.29 is 9.90 Å². The fourth-order valence-corrected chi connectivity index (χ4v) is 2.61. The highest BCUT2D eigenvalue weighted by molar-refractivity contribution is 5.87. The Morgan fingerprint density at radius 2 is 1.40 bits per heavy atom. The van der Waals surface area contributed by atoms with Crippen LogP contribution in [-0.4, -0.2) is 11.1 Å². The van der Waals surface area contributed by atoms with Crippen molar-refractivity contribution in [3.63, 3.8) is 0 Å². The Labute approximate surface area is 153 Å². The first-order valence-electron chi connectivity index (χ1n) is 9.56. The largest absolute Gasteiger partial charge is 0.478 e. The molecule has 0 fully saturated rings. The van der Waals surface area contributed by atoms with Crippen LogP contribution in [0.15, 0.2) is 24.3 Å². The fraction of sp³-hybridized carbons (Fsp3) is 0.522. The first-order valence-corrected chi connectivity index (χ1v) is 9.56. The maximum Gasteiger partial charge on any atom is 0.335 e. The van der Waals surface area contributed by atoms with Crippen molar-refractivity contribution in [1.29, 1.82) is 0 Å². The first-order chi connectivity index (χ1) is 12.2. The van der Waals surface area contributed by atoms with Crippen LogP contribution in [0.25, 0.3) is 0 Å². The van der Waals surface area contributed by atoms with Crippen LogP contribution in [0.1, 0.15) is 93.5 Å². The molecule has 0 aliphatic carbocycles. The summed E-state index contributed by atoms with van der Waals surface area (Å²) >= 11 is 0. The van der Waals surface area contributed by atoms with Gasteiger partial charge in [0.25, 0.3) is 0 Å². The minimum atomic E-state index is -0.921. The van der Waals surface area contributed by atoms with E-state index < -0.39 is 5.97 Å². The second-order valence-corrected chi connectivity index (χ2v) is 6.37. The van der Waals surface area contributed by atoms with Crippen molar-refractivity contribution in [2.24, 2.45) is 0 Å². The number of carboxylic acid groups (broad SMARTS) is 1. The van der Waals surface area contributed by atoms with E-state index in [1.807, 2.05) is 0 Å². The maximum absolute atomic E-state index is 10.8. The van der Waals surface area contributed by atoms with Gasteiger partial charge in [0.1, 0.15) is 0 Å². The lowest BCUT2D eigenvalue weighted by molar-refractivity contribution is 0.0697. The maximum atomic E-state index is 10.8. The lowest BCUT2D eigenvalue weighted by atomic mass is 10.1. The molecule has 0 radical (unpaired) electrons. The van der Waals surface area contributed by atoms with Crippen molar-refractivity contribution in [2.75, 3.05) is 0 Å². The van der Waals surface area contributed by atoms with Gasteiger partial charge in [-0.05, 0) is 42.5 Å². The van der Waals surface area contributed by atoms with E-state index in [0.29, 0.717) is 0 Å². The van der Waals surface area contributed by atoms with Gasteiger partial charge in [0.15, 0.2) is 0 Å². The fourth-order valence-electron chi connectivity index (χ4n) is 2.61. The van der Waals surface area contributed by atoms with Gasteiger partial charge in [-0.2, -0.15) is 0 Å². The van der Waals surface area contributed by atoms with Crippen molar-refractivity contribution >= 4 is 5.97 Å². The molecule has 0 bridgehead atoms. The number of hydrogen-bond donors (Lipinski definition) is 1. The molecule has 1 rings (SSSR count). The smallest absolute Gasteiger partial charge is 0.335 e. The van der Waals surface area contributed by atoms with Crippen LogP contribution in [0.5, 0.6) is 0 Å². The van der Waals surface area contributed by atoms with Gasteiger partial charge in [-0.3, -0.25) is 0 Å². The molecule has 1 aromatic carbocycles. The van der Waals surface area contributed by atoms with Crippen LogP contribution in [0.4, 0.5) is 0 Å². The Balaban J connectivity index is 2.05. The molecule has 0 atom stereocenters. The summed E-state index contributed by atoms with van der Waals surface area (Å²) in [4.78, 5) is 10.8. The molecule has 0 saturated carbocycles. The van der Waals surface area contributed by atoms with Crippen LogP contribution >= 0.6 is 0 Å². The standard InChI is InChI=1S/C23H30O2/c1-2-3-4-5-6-7-8-9-10-11-12-13-14-15-16-21-17-19-22(20-18-21)23(24)25/h17-20H,2-12H2,1H3,(H,24,25). The van der Waals surface area contributed by atoms with Gasteiger partial charge in [-0.1, -0.05) is 76.6 Å². The molecule has 0 aliphatic rings. The Morgan fingerprint density at radius 1 is 0.840 bits per heavy atom. The Bertz CT molecular complexity index is 605. The molecule has 0 amide bonds. The average molecular weight is 338 g/mol. The highest BCUT2D eigenvalue weighted by Crippen LogP contribution is 2.11. The van der Waals surface area contributed by atoms with E-state index in [-0.39, 0.29) is 5.56 Å². The number of benzene rings is 1. The average Bonchev–Trinajstić information content (AvgIpc) is 2.62. The summed E-state index contributed by atoms with van der Waals surface area (Å²) in [7, 11) is 0. The third-order valence-electron chi connectivity index (χ3n) is 4.14. The summed E-state index contributed by atoms with van der Waals surface area (Å²) in [5.74, 6) is 10.8. The van der Waals surface area contributed by atoms with Crippen LogP contribution in [0.3, 0.4) is 0 Å². The lowest BCUT2D eigenvalue weighted by Gasteiger charge is -2.00. The molecule has 1 aromatic rings. The first kappa shape index (κ1) is 20.9. The summed E-state index contributed by atoms with van der Waals surface area (Å²) in [6, 6.07) is 6.54. The van der Waals surface area contributed by atoms with Crippen molar-refractivity contribution in [3.8, 4) is 23.7 Å². The molecule has 2 heteroatoms. The lowest BCUT2D eigenvalue weighted by Crippen LogP contribution is -1.94. The zero-order valence-electron chi connectivity index (χ0n) is 15.4. The Morgan fingerprint density at radius 3 is 1.96 bits per heavy atom. The minimum absolute atomic E-state index is 0.276. The molecular formula is C23H30O2. The zero-order chi connectivity index (χ0) is 18.2. The molecular weight excluding hydrogens is 308 g/mol. The molecule has 0 unspecified atom stereocenters. The molecule has 25 heavy (non-hydrogen) atoms. The Hall–Kier alpha value is -2.19. The molecule has 0 heterocycles. The molecule has 134 valence electrons. The van der Waals surface area contributed by atoms with E-state index >= 15 is 0 Å². The topological polar surface area (TPSA) is 37.3 Å². The van der Waals surface area contributed by atoms with Gasteiger partial charge in [-0.15, -0.1) is 0 Å². The van der Waals surface area contributed by atoms with E-state index in [1.54, 1.807) is 24.3 Å². The highest BCUT2D eigenvalue weighted by atomic mass is 16.4. The monoisotopic (exact) mass is 338 g/mol. The van der Waals surface area contributed by atoms with E-state index in [0.717, 1.165) is 18.4 Å². The van der Waals surface area contributed by atoms with Crippen LogP contribution in [-0.2, 0) is 0 Å². The number of unbranched alkanes of at least 4 members (excludes halogenated alkanes) is 10. The van der Waals surface area contributed by atoms with Crippen LogP contribution in [0.2, 0.25) is 0 Å². The molecule has 0 spiro atoms. The van der Waals surface area contributed by atoms with Crippen LogP contribution in [0, 0.1) is 23.7 Å². The van der Waals surface area contributed by atoms with Gasteiger partial charge in [0, 0.05) is 12.0 Å². The summed E-state index contributed by atoms with van der Waals surface area (Å²) < 4.78 is 0. The second kappa shape index (κ2) is 14.2. The molecule has 0 saturated heterocycles. The summed E-state index contributed by atoms with van der Waals surface area (Å²) in [6.45, 7) is 2.26. The molecule has 0 aromatic heterocycles. The molecule has 0 aliphatic heterocycles. The predicted molar refractivity (Wildman–Crippen MR) is 105 cm³/mol. The SMILES string of the molecule is CCCCCCCCCCCCC#CC#Cc1ccc(C(=O)O)cc1. The van der Waals surface area contributed by atoms with E-state index in [9.17, 15) is 4.79 Å². The minimum Gasteiger partial charge on any atom is -0.478 e. The highest BCUT2D eigenvalue weighted by Gasteiger charge is 1.99. The second-order valence-electron chi connectivity index (χ2n) is 6.37.